The van der Waals surface area contributed by atoms with Crippen LogP contribution in [0.15, 0.2) is 60.8 Å². The Morgan fingerprint density at radius 3 is 2.58 bits per heavy atom. The number of rotatable bonds is 7. The number of aromatic nitrogens is 2. The lowest BCUT2D eigenvalue weighted by atomic mass is 10.0. The number of nitrogens with one attached hydrogen (secondary N) is 1. The van der Waals surface area contributed by atoms with Crippen LogP contribution in [0.1, 0.15) is 46.6 Å². The third-order valence-corrected chi connectivity index (χ3v) is 6.88. The summed E-state index contributed by atoms with van der Waals surface area (Å²) in [5, 5.41) is 3.12. The van der Waals surface area contributed by atoms with Gasteiger partial charge in [-0.25, -0.2) is 9.97 Å². The molecule has 36 heavy (non-hydrogen) atoms. The van der Waals surface area contributed by atoms with Crippen molar-refractivity contribution in [2.45, 2.75) is 45.0 Å². The van der Waals surface area contributed by atoms with Crippen LogP contribution >= 0.6 is 0 Å². The number of amides is 1. The smallest absolute Gasteiger partial charge is 0.417 e. The maximum atomic E-state index is 13.7. The fourth-order valence-corrected chi connectivity index (χ4v) is 4.70. The van der Waals surface area contributed by atoms with E-state index in [2.05, 4.69) is 15.3 Å². The number of benzene rings is 1. The predicted octanol–water partition coefficient (Wildman–Crippen LogP) is 5.49. The molecule has 1 saturated carbocycles. The number of pyridine rings is 2. The van der Waals surface area contributed by atoms with E-state index in [4.69, 9.17) is 4.74 Å². The molecule has 2 aliphatic rings. The van der Waals surface area contributed by atoms with Gasteiger partial charge in [0.15, 0.2) is 11.4 Å². The van der Waals surface area contributed by atoms with Gasteiger partial charge in [-0.15, -0.1) is 0 Å². The normalized spacial score (nSPS) is 18.3. The zero-order valence-electron chi connectivity index (χ0n) is 19.9. The highest BCUT2D eigenvalue weighted by Gasteiger charge is 2.53. The average molecular weight is 497 g/mol. The lowest BCUT2D eigenvalue weighted by Crippen LogP contribution is -2.40. The quantitative estimate of drug-likeness (QED) is 0.469. The molecule has 9 heteroatoms. The summed E-state index contributed by atoms with van der Waals surface area (Å²) in [6.07, 6.45) is -0.664. The Bertz CT molecular complexity index is 1230. The fraction of sp³-hybridized carbons (Fsp3) is 0.370. The van der Waals surface area contributed by atoms with E-state index in [0.717, 1.165) is 42.8 Å². The van der Waals surface area contributed by atoms with Crippen molar-refractivity contribution in [3.8, 4) is 5.75 Å². The summed E-state index contributed by atoms with van der Waals surface area (Å²) in [5.74, 6) is 0.577. The maximum Gasteiger partial charge on any atom is 0.417 e. The van der Waals surface area contributed by atoms with Crippen molar-refractivity contribution in [1.29, 1.82) is 0 Å². The Labute approximate surface area is 207 Å². The number of likely N-dealkylation sites (tertiary alicyclic amines) is 1. The van der Waals surface area contributed by atoms with Crippen molar-refractivity contribution in [2.75, 3.05) is 18.4 Å². The second-order valence-corrected chi connectivity index (χ2v) is 9.68. The predicted molar refractivity (Wildman–Crippen MR) is 129 cm³/mol. The number of hydrogen-bond donors (Lipinski definition) is 1. The molecule has 1 saturated heterocycles. The topological polar surface area (TPSA) is 67.3 Å². The first kappa shape index (κ1) is 24.1. The number of hydrogen-bond acceptors (Lipinski definition) is 5. The highest BCUT2D eigenvalue weighted by molar-refractivity contribution is 5.95. The van der Waals surface area contributed by atoms with Gasteiger partial charge in [-0.1, -0.05) is 30.3 Å². The van der Waals surface area contributed by atoms with Crippen molar-refractivity contribution in [2.24, 2.45) is 5.41 Å². The Hall–Kier alpha value is -3.62. The molecule has 1 amide bonds. The average Bonchev–Trinajstić information content (AvgIpc) is 3.52. The molecular formula is C27H27F3N4O2. The molecule has 6 nitrogen and oxygen atoms in total. The van der Waals surface area contributed by atoms with Crippen LogP contribution in [0.3, 0.4) is 0 Å². The number of carbonyl (C=O) groups excluding carboxylic acids is 1. The van der Waals surface area contributed by atoms with E-state index in [0.29, 0.717) is 31.3 Å². The van der Waals surface area contributed by atoms with Gasteiger partial charge in [-0.3, -0.25) is 4.79 Å². The van der Waals surface area contributed by atoms with Crippen molar-refractivity contribution in [1.82, 2.24) is 14.9 Å². The minimum absolute atomic E-state index is 0.116. The largest absolute Gasteiger partial charge is 0.486 e. The summed E-state index contributed by atoms with van der Waals surface area (Å²) in [6, 6.07) is 15.5. The molecule has 1 aromatic carbocycles. The number of halogens is 3. The second-order valence-electron chi connectivity index (χ2n) is 9.68. The molecule has 188 valence electrons. The van der Waals surface area contributed by atoms with Crippen LogP contribution in [0.4, 0.5) is 19.0 Å². The third kappa shape index (κ3) is 5.29. The van der Waals surface area contributed by atoms with Gasteiger partial charge in [0.1, 0.15) is 12.4 Å². The van der Waals surface area contributed by atoms with Crippen molar-refractivity contribution in [3.05, 3.63) is 83.3 Å². The van der Waals surface area contributed by atoms with Gasteiger partial charge in [-0.05, 0) is 61.4 Å². The van der Waals surface area contributed by atoms with E-state index >= 15 is 0 Å². The molecule has 1 aliphatic carbocycles. The maximum absolute atomic E-state index is 13.7. The molecule has 2 aromatic heterocycles. The van der Waals surface area contributed by atoms with Crippen LogP contribution in [0.2, 0.25) is 0 Å². The van der Waals surface area contributed by atoms with Gasteiger partial charge in [-0.2, -0.15) is 13.2 Å². The van der Waals surface area contributed by atoms with Crippen molar-refractivity contribution >= 4 is 11.7 Å². The molecule has 5 rings (SSSR count). The molecule has 0 radical (unpaired) electrons. The molecule has 3 aromatic rings. The molecule has 1 aliphatic heterocycles. The first-order valence-electron chi connectivity index (χ1n) is 11.9. The standard InChI is InChI=1S/C27H27F3N4O2/c1-18-7-9-22(36-16-19-5-3-2-4-6-19)24(33-18)25(35)34-17-26(11-12-26)13-21(34)15-32-23-10-8-20(14-31-23)27(28,29)30/h2-10,14,21H,11-13,15-17H2,1H3,(H,31,32)/t21-/m0/s1. The Kier molecular flexibility index (Phi) is 6.32. The van der Waals surface area contributed by atoms with Gasteiger partial charge >= 0.3 is 6.18 Å². The third-order valence-electron chi connectivity index (χ3n) is 6.88. The molecule has 2 fully saturated rings. The van der Waals surface area contributed by atoms with E-state index in [9.17, 15) is 18.0 Å². The zero-order valence-corrected chi connectivity index (χ0v) is 19.9. The van der Waals surface area contributed by atoms with Crippen molar-refractivity contribution in [3.63, 3.8) is 0 Å². The van der Waals surface area contributed by atoms with Crippen LogP contribution < -0.4 is 10.1 Å². The van der Waals surface area contributed by atoms with Gasteiger partial charge in [0, 0.05) is 31.0 Å². The lowest BCUT2D eigenvalue weighted by Gasteiger charge is -2.26. The fourth-order valence-electron chi connectivity index (χ4n) is 4.70. The summed E-state index contributed by atoms with van der Waals surface area (Å²) >= 11 is 0. The minimum Gasteiger partial charge on any atom is -0.486 e. The Morgan fingerprint density at radius 1 is 1.14 bits per heavy atom. The number of carbonyl (C=O) groups is 1. The van der Waals surface area contributed by atoms with Crippen LogP contribution in [0, 0.1) is 12.3 Å². The number of ether oxygens (including phenoxy) is 1. The summed E-state index contributed by atoms with van der Waals surface area (Å²) < 4.78 is 44.5. The molecule has 1 N–H and O–H groups in total. The molecule has 0 bridgehead atoms. The molecule has 1 spiro atoms. The summed E-state index contributed by atoms with van der Waals surface area (Å²) in [5.41, 5.74) is 1.30. The molecule has 0 unspecified atom stereocenters. The van der Waals surface area contributed by atoms with Gasteiger partial charge < -0.3 is 15.0 Å². The lowest BCUT2D eigenvalue weighted by molar-refractivity contribution is -0.137. The summed E-state index contributed by atoms with van der Waals surface area (Å²) in [4.78, 5) is 24.0. The van der Waals surface area contributed by atoms with Crippen LogP contribution in [-0.2, 0) is 12.8 Å². The van der Waals surface area contributed by atoms with Gasteiger partial charge in [0.2, 0.25) is 0 Å². The minimum atomic E-state index is -4.43. The zero-order chi connectivity index (χ0) is 25.3. The Morgan fingerprint density at radius 2 is 1.92 bits per heavy atom. The molecule has 1 atom stereocenters. The van der Waals surface area contributed by atoms with Crippen LogP contribution in [-0.4, -0.2) is 39.9 Å². The number of aryl methyl sites for hydroxylation is 1. The highest BCUT2D eigenvalue weighted by Crippen LogP contribution is 2.55. The monoisotopic (exact) mass is 496 g/mol. The summed E-state index contributed by atoms with van der Waals surface area (Å²) in [6.45, 7) is 3.17. The van der Waals surface area contributed by atoms with Crippen LogP contribution in [0.25, 0.3) is 0 Å². The van der Waals surface area contributed by atoms with E-state index in [-0.39, 0.29) is 23.1 Å². The van der Waals surface area contributed by atoms with Crippen LogP contribution in [0.5, 0.6) is 5.75 Å². The molecular weight excluding hydrogens is 469 g/mol. The molecule has 3 heterocycles. The summed E-state index contributed by atoms with van der Waals surface area (Å²) in [7, 11) is 0. The van der Waals surface area contributed by atoms with Gasteiger partial charge in [0.05, 0.1) is 5.56 Å². The van der Waals surface area contributed by atoms with E-state index < -0.39 is 11.7 Å². The highest BCUT2D eigenvalue weighted by atomic mass is 19.4. The first-order chi connectivity index (χ1) is 17.2. The first-order valence-corrected chi connectivity index (χ1v) is 11.9. The number of nitrogens with zero attached hydrogens (tertiary/aromatic N) is 3. The van der Waals surface area contributed by atoms with E-state index in [1.54, 1.807) is 6.07 Å². The van der Waals surface area contributed by atoms with Gasteiger partial charge in [0.25, 0.3) is 5.91 Å². The number of anilines is 1. The number of alkyl halides is 3. The Balaban J connectivity index is 1.31. The van der Waals surface area contributed by atoms with Crippen molar-refractivity contribution < 1.29 is 22.7 Å². The second kappa shape index (κ2) is 9.44. The van der Waals surface area contributed by atoms with E-state index in [1.807, 2.05) is 48.2 Å². The van der Waals surface area contributed by atoms with E-state index in [1.165, 1.54) is 6.07 Å². The SMILES string of the molecule is Cc1ccc(OCc2ccccc2)c(C(=O)N2CC3(CC3)C[C@H]2CNc2ccc(C(F)(F)F)cn2)n1.